The lowest BCUT2D eigenvalue weighted by Crippen LogP contribution is -2.25. The van der Waals surface area contributed by atoms with Crippen LogP contribution in [0.4, 0.5) is 0 Å². The standard InChI is InChI=1S/C15H18O3/c1-10(16)12-14(2,3)15(12,13(17)18)9-11-7-5-4-6-8-11/h4-8,12H,9H2,1-3H3,(H,17,18). The van der Waals surface area contributed by atoms with Gasteiger partial charge in [-0.1, -0.05) is 44.2 Å². The first-order valence-electron chi connectivity index (χ1n) is 6.12. The second kappa shape index (κ2) is 3.94. The Bertz CT molecular complexity index is 490. The fourth-order valence-electron chi connectivity index (χ4n) is 3.43. The van der Waals surface area contributed by atoms with Gasteiger partial charge in [0.15, 0.2) is 0 Å². The summed E-state index contributed by atoms with van der Waals surface area (Å²) >= 11 is 0. The zero-order valence-electron chi connectivity index (χ0n) is 10.9. The fourth-order valence-corrected chi connectivity index (χ4v) is 3.43. The molecule has 3 nitrogen and oxygen atoms in total. The maximum absolute atomic E-state index is 11.7. The van der Waals surface area contributed by atoms with Crippen molar-refractivity contribution in [3.8, 4) is 0 Å². The molecule has 1 fully saturated rings. The van der Waals surface area contributed by atoms with E-state index in [-0.39, 0.29) is 11.7 Å². The van der Waals surface area contributed by atoms with Gasteiger partial charge in [0, 0.05) is 5.92 Å². The summed E-state index contributed by atoms with van der Waals surface area (Å²) in [5, 5.41) is 9.57. The molecule has 1 aliphatic carbocycles. The van der Waals surface area contributed by atoms with Crippen LogP contribution in [0.3, 0.4) is 0 Å². The van der Waals surface area contributed by atoms with Crippen LogP contribution in [0.1, 0.15) is 26.3 Å². The Kier molecular flexibility index (Phi) is 2.80. The number of carboxylic acids is 1. The monoisotopic (exact) mass is 246 g/mol. The molecule has 2 unspecified atom stereocenters. The molecule has 0 bridgehead atoms. The normalized spacial score (nSPS) is 28.7. The molecule has 18 heavy (non-hydrogen) atoms. The van der Waals surface area contributed by atoms with Crippen LogP contribution in [-0.2, 0) is 16.0 Å². The lowest BCUT2D eigenvalue weighted by molar-refractivity contribution is -0.146. The van der Waals surface area contributed by atoms with Crippen LogP contribution in [0.15, 0.2) is 30.3 Å². The summed E-state index contributed by atoms with van der Waals surface area (Å²) < 4.78 is 0. The number of ketones is 1. The Morgan fingerprint density at radius 3 is 2.17 bits per heavy atom. The molecule has 1 N–H and O–H groups in total. The summed E-state index contributed by atoms with van der Waals surface area (Å²) in [5.41, 5.74) is -0.447. The van der Waals surface area contributed by atoms with Crippen LogP contribution in [0.2, 0.25) is 0 Å². The molecule has 0 aliphatic heterocycles. The molecule has 0 aromatic heterocycles. The quantitative estimate of drug-likeness (QED) is 0.888. The van der Waals surface area contributed by atoms with Crippen molar-refractivity contribution in [1.82, 2.24) is 0 Å². The van der Waals surface area contributed by atoms with E-state index in [1.807, 2.05) is 44.2 Å². The Labute approximate surface area is 107 Å². The second-order valence-electron chi connectivity index (χ2n) is 5.70. The van der Waals surface area contributed by atoms with Crippen molar-refractivity contribution in [3.05, 3.63) is 35.9 Å². The molecule has 1 saturated carbocycles. The minimum Gasteiger partial charge on any atom is -0.481 e. The highest BCUT2D eigenvalue weighted by atomic mass is 16.4. The fraction of sp³-hybridized carbons (Fsp3) is 0.467. The number of carboxylic acid groups (broad SMARTS) is 1. The van der Waals surface area contributed by atoms with E-state index >= 15 is 0 Å². The Hall–Kier alpha value is -1.64. The van der Waals surface area contributed by atoms with E-state index in [9.17, 15) is 14.7 Å². The number of rotatable bonds is 4. The highest BCUT2D eigenvalue weighted by Gasteiger charge is 2.77. The average molecular weight is 246 g/mol. The maximum Gasteiger partial charge on any atom is 0.311 e. The summed E-state index contributed by atoms with van der Waals surface area (Å²) in [7, 11) is 0. The Morgan fingerprint density at radius 1 is 1.22 bits per heavy atom. The third-order valence-electron chi connectivity index (χ3n) is 4.39. The third-order valence-corrected chi connectivity index (χ3v) is 4.39. The summed E-state index contributed by atoms with van der Waals surface area (Å²) in [6, 6.07) is 9.51. The number of aliphatic carboxylic acids is 1. The molecule has 96 valence electrons. The number of hydrogen-bond acceptors (Lipinski definition) is 2. The molecule has 3 heteroatoms. The van der Waals surface area contributed by atoms with E-state index in [0.29, 0.717) is 6.42 Å². The van der Waals surface area contributed by atoms with Crippen molar-refractivity contribution in [3.63, 3.8) is 0 Å². The predicted octanol–water partition coefficient (Wildman–Crippen LogP) is 2.55. The number of Topliss-reactive ketones (excluding diaryl/α,β-unsaturated/α-hetero) is 1. The van der Waals surface area contributed by atoms with Crippen molar-refractivity contribution >= 4 is 11.8 Å². The van der Waals surface area contributed by atoms with Crippen molar-refractivity contribution < 1.29 is 14.7 Å². The smallest absolute Gasteiger partial charge is 0.311 e. The molecule has 1 aromatic carbocycles. The Morgan fingerprint density at radius 2 is 1.78 bits per heavy atom. The van der Waals surface area contributed by atoms with Gasteiger partial charge >= 0.3 is 5.97 Å². The van der Waals surface area contributed by atoms with Gasteiger partial charge in [0.1, 0.15) is 5.78 Å². The van der Waals surface area contributed by atoms with Gasteiger partial charge in [-0.2, -0.15) is 0 Å². The van der Waals surface area contributed by atoms with Gasteiger partial charge in [-0.15, -0.1) is 0 Å². The van der Waals surface area contributed by atoms with Gasteiger partial charge in [0.05, 0.1) is 5.41 Å². The first kappa shape index (κ1) is 12.8. The van der Waals surface area contributed by atoms with Crippen molar-refractivity contribution in [2.75, 3.05) is 0 Å². The predicted molar refractivity (Wildman–Crippen MR) is 68.2 cm³/mol. The zero-order valence-corrected chi connectivity index (χ0v) is 10.9. The van der Waals surface area contributed by atoms with Crippen LogP contribution < -0.4 is 0 Å². The zero-order chi connectivity index (χ0) is 13.6. The third kappa shape index (κ3) is 1.57. The molecule has 1 aliphatic rings. The molecular weight excluding hydrogens is 228 g/mol. The highest BCUT2D eigenvalue weighted by molar-refractivity contribution is 5.95. The first-order chi connectivity index (χ1) is 8.34. The molecule has 1 aromatic rings. The highest BCUT2D eigenvalue weighted by Crippen LogP contribution is 2.70. The molecule has 0 heterocycles. The molecule has 0 radical (unpaired) electrons. The average Bonchev–Trinajstić information content (AvgIpc) is 2.77. The molecule has 2 atom stereocenters. The van der Waals surface area contributed by atoms with Crippen molar-refractivity contribution in [2.45, 2.75) is 27.2 Å². The Balaban J connectivity index is 2.37. The first-order valence-corrected chi connectivity index (χ1v) is 6.12. The van der Waals surface area contributed by atoms with E-state index in [2.05, 4.69) is 0 Å². The summed E-state index contributed by atoms with van der Waals surface area (Å²) in [4.78, 5) is 23.3. The van der Waals surface area contributed by atoms with Crippen LogP contribution in [0, 0.1) is 16.7 Å². The van der Waals surface area contributed by atoms with Crippen LogP contribution >= 0.6 is 0 Å². The van der Waals surface area contributed by atoms with Gasteiger partial charge in [-0.05, 0) is 24.3 Å². The number of benzene rings is 1. The minimum atomic E-state index is -0.944. The number of carbonyl (C=O) groups is 2. The molecule has 0 saturated heterocycles. The lowest BCUT2D eigenvalue weighted by Gasteiger charge is -2.15. The molecule has 2 rings (SSSR count). The van der Waals surface area contributed by atoms with Crippen LogP contribution in [0.25, 0.3) is 0 Å². The van der Waals surface area contributed by atoms with Gasteiger partial charge in [-0.25, -0.2) is 0 Å². The van der Waals surface area contributed by atoms with Crippen LogP contribution in [-0.4, -0.2) is 16.9 Å². The van der Waals surface area contributed by atoms with Gasteiger partial charge in [0.25, 0.3) is 0 Å². The van der Waals surface area contributed by atoms with Crippen molar-refractivity contribution in [2.24, 2.45) is 16.7 Å². The van der Waals surface area contributed by atoms with E-state index in [1.165, 1.54) is 6.92 Å². The summed E-state index contributed by atoms with van der Waals surface area (Å²) in [6.45, 7) is 5.23. The minimum absolute atomic E-state index is 0.0293. The largest absolute Gasteiger partial charge is 0.481 e. The summed E-state index contributed by atoms with van der Waals surface area (Å²) in [5.74, 6) is -1.28. The van der Waals surface area contributed by atoms with Gasteiger partial charge in [-0.3, -0.25) is 9.59 Å². The van der Waals surface area contributed by atoms with Crippen molar-refractivity contribution in [1.29, 1.82) is 0 Å². The number of hydrogen-bond donors (Lipinski definition) is 1. The maximum atomic E-state index is 11.7. The van der Waals surface area contributed by atoms with E-state index in [0.717, 1.165) is 5.56 Å². The molecular formula is C15H18O3. The van der Waals surface area contributed by atoms with E-state index in [1.54, 1.807) is 0 Å². The molecule has 0 amide bonds. The lowest BCUT2D eigenvalue weighted by atomic mass is 9.88. The van der Waals surface area contributed by atoms with E-state index < -0.39 is 16.8 Å². The SMILES string of the molecule is CC(=O)C1C(C)(C)C1(Cc1ccccc1)C(=O)O. The number of carbonyl (C=O) groups excluding carboxylic acids is 1. The molecule has 0 spiro atoms. The van der Waals surface area contributed by atoms with Gasteiger partial charge in [0.2, 0.25) is 0 Å². The topological polar surface area (TPSA) is 54.4 Å². The summed E-state index contributed by atoms with van der Waals surface area (Å²) in [6.07, 6.45) is 0.417. The second-order valence-corrected chi connectivity index (χ2v) is 5.70. The van der Waals surface area contributed by atoms with E-state index in [4.69, 9.17) is 0 Å². The van der Waals surface area contributed by atoms with Crippen LogP contribution in [0.5, 0.6) is 0 Å². The van der Waals surface area contributed by atoms with Gasteiger partial charge < -0.3 is 5.11 Å².